The van der Waals surface area contributed by atoms with E-state index in [1.807, 2.05) is 0 Å². The molecule has 29 heavy (non-hydrogen) atoms. The number of nitrogens with one attached hydrogen (secondary N) is 1. The van der Waals surface area contributed by atoms with Gasteiger partial charge in [-0.15, -0.1) is 0 Å². The fraction of sp³-hybridized carbons (Fsp3) is 0.409. The smallest absolute Gasteiger partial charge is 0.317 e. The Morgan fingerprint density at radius 2 is 1.86 bits per heavy atom. The average molecular weight is 403 g/mol. The molecule has 1 heterocycles. The van der Waals surface area contributed by atoms with Gasteiger partial charge in [0.2, 0.25) is 0 Å². The molecular weight excluding hydrogens is 376 g/mol. The molecule has 0 atom stereocenters. The van der Waals surface area contributed by atoms with Crippen LogP contribution < -0.4 is 5.32 Å². The molecule has 0 saturated carbocycles. The minimum absolute atomic E-state index is 0.0832. The van der Waals surface area contributed by atoms with E-state index in [9.17, 15) is 18.7 Å². The van der Waals surface area contributed by atoms with Crippen LogP contribution in [0.4, 0.5) is 13.6 Å². The predicted octanol–water partition coefficient (Wildman–Crippen LogP) is 3.72. The van der Waals surface area contributed by atoms with Crippen molar-refractivity contribution in [2.45, 2.75) is 25.9 Å². The van der Waals surface area contributed by atoms with E-state index in [2.05, 4.69) is 17.3 Å². The van der Waals surface area contributed by atoms with E-state index in [1.165, 1.54) is 12.1 Å². The first-order valence-corrected chi connectivity index (χ1v) is 9.84. The second-order valence-electron chi connectivity index (χ2n) is 7.69. The summed E-state index contributed by atoms with van der Waals surface area (Å²) in [6.45, 7) is 2.85. The van der Waals surface area contributed by atoms with Crippen LogP contribution in [0.15, 0.2) is 42.5 Å². The van der Waals surface area contributed by atoms with Gasteiger partial charge in [-0.1, -0.05) is 18.2 Å². The number of urea groups is 1. The third-order valence-electron chi connectivity index (χ3n) is 5.36. The molecule has 156 valence electrons. The first kappa shape index (κ1) is 21.0. The SMILES string of the molecule is CN1CCC(CN(Cc2ccc(F)cc2F)C(=O)NCc2ccc(O)cc2)CC1. The number of piperidine rings is 1. The molecule has 1 aliphatic rings. The molecule has 2 aromatic carbocycles. The fourth-order valence-electron chi connectivity index (χ4n) is 3.53. The number of carbonyl (C=O) groups excluding carboxylic acids is 1. The van der Waals surface area contributed by atoms with Gasteiger partial charge >= 0.3 is 6.03 Å². The highest BCUT2D eigenvalue weighted by atomic mass is 19.1. The van der Waals surface area contributed by atoms with Crippen LogP contribution in [0.3, 0.4) is 0 Å². The van der Waals surface area contributed by atoms with Crippen LogP contribution in [0, 0.1) is 17.6 Å². The topological polar surface area (TPSA) is 55.8 Å². The molecular formula is C22H27F2N3O2. The largest absolute Gasteiger partial charge is 0.508 e. The van der Waals surface area contributed by atoms with Crippen LogP contribution >= 0.6 is 0 Å². The molecule has 1 aliphatic heterocycles. The summed E-state index contributed by atoms with van der Waals surface area (Å²) < 4.78 is 27.4. The zero-order valence-electron chi connectivity index (χ0n) is 16.6. The van der Waals surface area contributed by atoms with E-state index in [0.717, 1.165) is 37.6 Å². The Morgan fingerprint density at radius 3 is 2.52 bits per heavy atom. The molecule has 1 saturated heterocycles. The minimum Gasteiger partial charge on any atom is -0.508 e. The third-order valence-corrected chi connectivity index (χ3v) is 5.36. The first-order valence-electron chi connectivity index (χ1n) is 9.84. The number of hydrogen-bond donors (Lipinski definition) is 2. The summed E-state index contributed by atoms with van der Waals surface area (Å²) in [6, 6.07) is 9.74. The van der Waals surface area contributed by atoms with Gasteiger partial charge in [-0.05, 0) is 62.7 Å². The van der Waals surface area contributed by atoms with Gasteiger partial charge in [0, 0.05) is 24.7 Å². The first-order chi connectivity index (χ1) is 13.9. The molecule has 0 spiro atoms. The number of likely N-dealkylation sites (tertiary alicyclic amines) is 1. The Bertz CT molecular complexity index is 821. The van der Waals surface area contributed by atoms with Gasteiger partial charge in [0.25, 0.3) is 0 Å². The van der Waals surface area contributed by atoms with E-state index < -0.39 is 11.6 Å². The highest BCUT2D eigenvalue weighted by molar-refractivity contribution is 5.74. The summed E-state index contributed by atoms with van der Waals surface area (Å²) in [5.74, 6) is -0.778. The standard InChI is InChI=1S/C22H27F2N3O2/c1-26-10-8-17(9-11-26)14-27(15-18-4-5-19(23)12-21(18)24)22(29)25-13-16-2-6-20(28)7-3-16/h2-7,12,17,28H,8-11,13-15H2,1H3,(H,25,29). The normalized spacial score (nSPS) is 15.3. The Hall–Kier alpha value is -2.67. The van der Waals surface area contributed by atoms with Crippen molar-refractivity contribution in [1.82, 2.24) is 15.1 Å². The van der Waals surface area contributed by atoms with Crippen molar-refractivity contribution in [3.8, 4) is 5.75 Å². The number of amides is 2. The molecule has 0 bridgehead atoms. The van der Waals surface area contributed by atoms with Crippen molar-refractivity contribution in [1.29, 1.82) is 0 Å². The van der Waals surface area contributed by atoms with Gasteiger partial charge in [0.05, 0.1) is 6.54 Å². The van der Waals surface area contributed by atoms with Crippen LogP contribution in [0.25, 0.3) is 0 Å². The molecule has 0 aromatic heterocycles. The third kappa shape index (κ3) is 6.15. The lowest BCUT2D eigenvalue weighted by atomic mass is 9.96. The summed E-state index contributed by atoms with van der Waals surface area (Å²) in [4.78, 5) is 16.7. The van der Waals surface area contributed by atoms with Gasteiger partial charge in [-0.2, -0.15) is 0 Å². The molecule has 0 unspecified atom stereocenters. The van der Waals surface area contributed by atoms with E-state index >= 15 is 0 Å². The van der Waals surface area contributed by atoms with Crippen LogP contribution in [0.5, 0.6) is 5.75 Å². The van der Waals surface area contributed by atoms with E-state index in [-0.39, 0.29) is 18.3 Å². The quantitative estimate of drug-likeness (QED) is 0.773. The molecule has 2 N–H and O–H groups in total. The van der Waals surface area contributed by atoms with Gasteiger partial charge in [0.15, 0.2) is 0 Å². The molecule has 5 nitrogen and oxygen atoms in total. The van der Waals surface area contributed by atoms with Crippen LogP contribution in [-0.2, 0) is 13.1 Å². The molecule has 3 rings (SSSR count). The Labute approximate surface area is 169 Å². The number of carbonyl (C=O) groups is 1. The number of aromatic hydroxyl groups is 1. The zero-order chi connectivity index (χ0) is 20.8. The Morgan fingerprint density at radius 1 is 1.17 bits per heavy atom. The molecule has 2 aromatic rings. The summed E-state index contributed by atoms with van der Waals surface area (Å²) in [7, 11) is 2.08. The van der Waals surface area contributed by atoms with E-state index in [4.69, 9.17) is 0 Å². The second kappa shape index (κ2) is 9.69. The highest BCUT2D eigenvalue weighted by Gasteiger charge is 2.23. The van der Waals surface area contributed by atoms with Crippen molar-refractivity contribution in [2.24, 2.45) is 5.92 Å². The summed E-state index contributed by atoms with van der Waals surface area (Å²) in [5.41, 5.74) is 1.14. The zero-order valence-corrected chi connectivity index (χ0v) is 16.6. The Balaban J connectivity index is 1.68. The number of phenols is 1. The average Bonchev–Trinajstić information content (AvgIpc) is 2.70. The van der Waals surface area contributed by atoms with Gasteiger partial charge < -0.3 is 20.2 Å². The second-order valence-corrected chi connectivity index (χ2v) is 7.69. The van der Waals surface area contributed by atoms with Crippen molar-refractivity contribution >= 4 is 6.03 Å². The van der Waals surface area contributed by atoms with Crippen molar-refractivity contribution in [3.63, 3.8) is 0 Å². The maximum absolute atomic E-state index is 14.2. The van der Waals surface area contributed by atoms with Crippen molar-refractivity contribution in [2.75, 3.05) is 26.7 Å². The van der Waals surface area contributed by atoms with Gasteiger partial charge in [-0.3, -0.25) is 0 Å². The van der Waals surface area contributed by atoms with Crippen molar-refractivity contribution < 1.29 is 18.7 Å². The summed E-state index contributed by atoms with van der Waals surface area (Å²) >= 11 is 0. The highest BCUT2D eigenvalue weighted by Crippen LogP contribution is 2.20. The minimum atomic E-state index is -0.648. The lowest BCUT2D eigenvalue weighted by molar-refractivity contribution is 0.154. The van der Waals surface area contributed by atoms with Crippen molar-refractivity contribution in [3.05, 3.63) is 65.2 Å². The number of nitrogens with zero attached hydrogens (tertiary/aromatic N) is 2. The maximum Gasteiger partial charge on any atom is 0.317 e. The number of halogens is 2. The predicted molar refractivity (Wildman–Crippen MR) is 107 cm³/mol. The Kier molecular flexibility index (Phi) is 7.04. The van der Waals surface area contributed by atoms with Crippen LogP contribution in [0.1, 0.15) is 24.0 Å². The summed E-state index contributed by atoms with van der Waals surface area (Å²) in [5, 5.41) is 12.2. The molecule has 0 radical (unpaired) electrons. The molecule has 1 fully saturated rings. The molecule has 2 amide bonds. The van der Waals surface area contributed by atoms with Gasteiger partial charge in [0.1, 0.15) is 17.4 Å². The molecule has 7 heteroatoms. The monoisotopic (exact) mass is 403 g/mol. The van der Waals surface area contributed by atoms with E-state index in [0.29, 0.717) is 24.6 Å². The fourth-order valence-corrected chi connectivity index (χ4v) is 3.53. The maximum atomic E-state index is 14.2. The van der Waals surface area contributed by atoms with Crippen LogP contribution in [-0.4, -0.2) is 47.6 Å². The number of hydrogen-bond acceptors (Lipinski definition) is 3. The van der Waals surface area contributed by atoms with E-state index in [1.54, 1.807) is 29.2 Å². The lowest BCUT2D eigenvalue weighted by Crippen LogP contribution is -2.44. The van der Waals surface area contributed by atoms with Crippen LogP contribution in [0.2, 0.25) is 0 Å². The number of benzene rings is 2. The van der Waals surface area contributed by atoms with Gasteiger partial charge in [-0.25, -0.2) is 13.6 Å². The summed E-state index contributed by atoms with van der Waals surface area (Å²) in [6.07, 6.45) is 1.95. The number of phenolic OH excluding ortho intramolecular Hbond substituents is 1. The number of rotatable bonds is 6. The lowest BCUT2D eigenvalue weighted by Gasteiger charge is -2.33. The molecule has 0 aliphatic carbocycles.